The van der Waals surface area contributed by atoms with E-state index in [0.29, 0.717) is 0 Å². The number of carbonyl (C=O) groups excluding carboxylic acids is 2. The number of rotatable bonds is 8. The second-order valence-electron chi connectivity index (χ2n) is 7.11. The smallest absolute Gasteiger partial charge is 0.331 e. The van der Waals surface area contributed by atoms with Gasteiger partial charge in [-0.15, -0.1) is 0 Å². The van der Waals surface area contributed by atoms with Gasteiger partial charge in [0.05, 0.1) is 0 Å². The molecule has 0 saturated carbocycles. The zero-order valence-corrected chi connectivity index (χ0v) is 15.3. The van der Waals surface area contributed by atoms with Gasteiger partial charge in [0.2, 0.25) is 0 Å². The van der Waals surface area contributed by atoms with E-state index in [4.69, 9.17) is 9.47 Å². The molecule has 0 saturated heterocycles. The Balaban J connectivity index is 4.57. The van der Waals surface area contributed by atoms with Gasteiger partial charge >= 0.3 is 11.9 Å². The molecule has 0 spiro atoms. The summed E-state index contributed by atoms with van der Waals surface area (Å²) >= 11 is 0. The van der Waals surface area contributed by atoms with Crippen molar-refractivity contribution in [3.63, 3.8) is 0 Å². The molecule has 0 N–H and O–H groups in total. The lowest BCUT2D eigenvalue weighted by atomic mass is 9.96. The molecule has 0 atom stereocenters. The summed E-state index contributed by atoms with van der Waals surface area (Å²) in [6.45, 7) is 16.0. The van der Waals surface area contributed by atoms with Crippen LogP contribution in [0.25, 0.3) is 0 Å². The Hall–Kier alpha value is -1.32. The largest absolute Gasteiger partial charge is 0.459 e. The van der Waals surface area contributed by atoms with Crippen molar-refractivity contribution in [3.8, 4) is 0 Å². The zero-order chi connectivity index (χ0) is 17.4. The number of ether oxygens (including phenoxy) is 2. The number of hydrogen-bond acceptors (Lipinski definition) is 4. The molecular weight excluding hydrogens is 280 g/mol. The molecule has 0 aliphatic heterocycles. The second-order valence-corrected chi connectivity index (χ2v) is 7.11. The standard InChI is InChI=1S/C18H32O4/c1-11(2)17(12(3)4)21-15(19)9-10-16(20)22-18(13(5)6)14(7)8/h9-14,17-18H,1-8H3. The van der Waals surface area contributed by atoms with Gasteiger partial charge in [-0.2, -0.15) is 0 Å². The molecule has 0 radical (unpaired) electrons. The van der Waals surface area contributed by atoms with Gasteiger partial charge in [0.25, 0.3) is 0 Å². The lowest BCUT2D eigenvalue weighted by Gasteiger charge is -2.24. The molecule has 128 valence electrons. The normalized spacial score (nSPS) is 12.5. The van der Waals surface area contributed by atoms with Crippen LogP contribution in [0, 0.1) is 23.7 Å². The molecule has 0 aromatic heterocycles. The monoisotopic (exact) mass is 312 g/mol. The Morgan fingerprint density at radius 3 is 1.00 bits per heavy atom. The van der Waals surface area contributed by atoms with Gasteiger partial charge in [-0.3, -0.25) is 0 Å². The van der Waals surface area contributed by atoms with Gasteiger partial charge in [-0.25, -0.2) is 9.59 Å². The molecule has 0 fully saturated rings. The molecule has 0 rings (SSSR count). The van der Waals surface area contributed by atoms with E-state index in [9.17, 15) is 9.59 Å². The first-order valence-electron chi connectivity index (χ1n) is 8.15. The van der Waals surface area contributed by atoms with Gasteiger partial charge < -0.3 is 9.47 Å². The maximum Gasteiger partial charge on any atom is 0.331 e. The minimum absolute atomic E-state index is 0.160. The minimum atomic E-state index is -0.505. The molecule has 0 amide bonds. The summed E-state index contributed by atoms with van der Waals surface area (Å²) in [4.78, 5) is 23.6. The lowest BCUT2D eigenvalue weighted by Crippen LogP contribution is -2.29. The van der Waals surface area contributed by atoms with Crippen LogP contribution >= 0.6 is 0 Å². The van der Waals surface area contributed by atoms with Crippen LogP contribution in [0.15, 0.2) is 12.2 Å². The van der Waals surface area contributed by atoms with Crippen molar-refractivity contribution in [2.24, 2.45) is 23.7 Å². The molecule has 0 aliphatic rings. The average molecular weight is 312 g/mol. The summed E-state index contributed by atoms with van der Waals surface area (Å²) in [5.41, 5.74) is 0. The zero-order valence-electron chi connectivity index (χ0n) is 15.3. The first-order chi connectivity index (χ1) is 10.1. The molecule has 4 nitrogen and oxygen atoms in total. The van der Waals surface area contributed by atoms with E-state index in [2.05, 4.69) is 0 Å². The quantitative estimate of drug-likeness (QED) is 0.502. The van der Waals surface area contributed by atoms with E-state index in [1.165, 1.54) is 0 Å². The molecule has 22 heavy (non-hydrogen) atoms. The van der Waals surface area contributed by atoms with E-state index >= 15 is 0 Å². The van der Waals surface area contributed by atoms with Crippen LogP contribution < -0.4 is 0 Å². The maximum absolute atomic E-state index is 11.8. The van der Waals surface area contributed by atoms with Gasteiger partial charge in [0.1, 0.15) is 12.2 Å². The minimum Gasteiger partial charge on any atom is -0.459 e. The molecule has 0 aromatic carbocycles. The van der Waals surface area contributed by atoms with Gasteiger partial charge in [0.15, 0.2) is 0 Å². The lowest BCUT2D eigenvalue weighted by molar-refractivity contribution is -0.150. The molecule has 0 aromatic rings. The van der Waals surface area contributed by atoms with Crippen LogP contribution in [0.2, 0.25) is 0 Å². The van der Waals surface area contributed by atoms with Crippen molar-refractivity contribution >= 4 is 11.9 Å². The predicted octanol–water partition coefficient (Wildman–Crippen LogP) is 3.99. The van der Waals surface area contributed by atoms with Crippen molar-refractivity contribution in [1.29, 1.82) is 0 Å². The highest BCUT2D eigenvalue weighted by Gasteiger charge is 2.22. The molecule has 0 heterocycles. The van der Waals surface area contributed by atoms with Gasteiger partial charge in [0, 0.05) is 12.2 Å². The van der Waals surface area contributed by atoms with E-state index in [0.717, 1.165) is 12.2 Å². The molecule has 0 aliphatic carbocycles. The molecule has 4 heteroatoms. The van der Waals surface area contributed by atoms with Gasteiger partial charge in [-0.05, 0) is 23.7 Å². The van der Waals surface area contributed by atoms with Crippen molar-refractivity contribution in [3.05, 3.63) is 12.2 Å². The fourth-order valence-corrected chi connectivity index (χ4v) is 2.57. The summed E-state index contributed by atoms with van der Waals surface area (Å²) in [5, 5.41) is 0. The summed E-state index contributed by atoms with van der Waals surface area (Å²) in [6.07, 6.45) is 1.98. The van der Waals surface area contributed by atoms with Crippen molar-refractivity contribution in [2.75, 3.05) is 0 Å². The summed E-state index contributed by atoms with van der Waals surface area (Å²) < 4.78 is 10.8. The molecule has 0 unspecified atom stereocenters. The first-order valence-corrected chi connectivity index (χ1v) is 8.15. The Bertz CT molecular complexity index is 329. The van der Waals surface area contributed by atoms with Crippen LogP contribution in [0.4, 0.5) is 0 Å². The van der Waals surface area contributed by atoms with E-state index < -0.39 is 11.9 Å². The molecular formula is C18H32O4. The number of esters is 2. The fraction of sp³-hybridized carbons (Fsp3) is 0.778. The topological polar surface area (TPSA) is 52.6 Å². The maximum atomic E-state index is 11.8. The summed E-state index contributed by atoms with van der Waals surface area (Å²) in [7, 11) is 0. The van der Waals surface area contributed by atoms with Crippen LogP contribution in [-0.2, 0) is 19.1 Å². The molecule has 0 bridgehead atoms. The Labute approximate surface area is 135 Å². The van der Waals surface area contributed by atoms with Crippen molar-refractivity contribution < 1.29 is 19.1 Å². The Morgan fingerprint density at radius 2 is 0.818 bits per heavy atom. The predicted molar refractivity (Wildman–Crippen MR) is 88.3 cm³/mol. The fourth-order valence-electron chi connectivity index (χ4n) is 2.57. The van der Waals surface area contributed by atoms with Crippen LogP contribution in [0.3, 0.4) is 0 Å². The average Bonchev–Trinajstić information content (AvgIpc) is 2.38. The Kier molecular flexibility index (Phi) is 9.07. The SMILES string of the molecule is CC(C)C(OC(=O)C=CC(=O)OC(C(C)C)C(C)C)C(C)C. The van der Waals surface area contributed by atoms with E-state index in [1.807, 2.05) is 55.4 Å². The van der Waals surface area contributed by atoms with Crippen molar-refractivity contribution in [2.45, 2.75) is 67.6 Å². The van der Waals surface area contributed by atoms with E-state index in [1.54, 1.807) is 0 Å². The van der Waals surface area contributed by atoms with E-state index in [-0.39, 0.29) is 35.9 Å². The van der Waals surface area contributed by atoms with Gasteiger partial charge in [-0.1, -0.05) is 55.4 Å². The first kappa shape index (κ1) is 20.7. The summed E-state index contributed by atoms with van der Waals surface area (Å²) in [6, 6.07) is 0. The van der Waals surface area contributed by atoms with Crippen molar-refractivity contribution in [1.82, 2.24) is 0 Å². The van der Waals surface area contributed by atoms with Crippen LogP contribution in [-0.4, -0.2) is 24.1 Å². The highest BCUT2D eigenvalue weighted by Crippen LogP contribution is 2.17. The number of hydrogen-bond donors (Lipinski definition) is 0. The highest BCUT2D eigenvalue weighted by molar-refractivity contribution is 5.91. The number of carbonyl (C=O) groups is 2. The van der Waals surface area contributed by atoms with Crippen LogP contribution in [0.1, 0.15) is 55.4 Å². The second kappa shape index (κ2) is 9.65. The van der Waals surface area contributed by atoms with Crippen LogP contribution in [0.5, 0.6) is 0 Å². The third-order valence-electron chi connectivity index (χ3n) is 3.49. The highest BCUT2D eigenvalue weighted by atomic mass is 16.5. The summed E-state index contributed by atoms with van der Waals surface area (Å²) in [5.74, 6) is -0.0813. The third-order valence-corrected chi connectivity index (χ3v) is 3.49. The third kappa shape index (κ3) is 7.62. The Morgan fingerprint density at radius 1 is 0.591 bits per heavy atom.